The van der Waals surface area contributed by atoms with Gasteiger partial charge in [0.05, 0.1) is 12.8 Å². The number of carbonyl (C=O) groups is 1. The predicted molar refractivity (Wildman–Crippen MR) is 119 cm³/mol. The SMILES string of the molecule is COc1cccc(-n2c(=O)[nH]c3c(C(N)=O)nc(-c4cccc(NCS(=O)O)c4)nc32)c1. The number of hydrogen-bond acceptors (Lipinski definition) is 7. The number of ether oxygens (including phenoxy) is 1. The number of nitrogens with two attached hydrogens (primary N) is 1. The Balaban J connectivity index is 1.92. The minimum absolute atomic E-state index is 0.110. The van der Waals surface area contributed by atoms with E-state index in [0.29, 0.717) is 22.7 Å². The number of fused-ring (bicyclic) bond motifs is 1. The minimum Gasteiger partial charge on any atom is -0.497 e. The van der Waals surface area contributed by atoms with Crippen LogP contribution in [0.2, 0.25) is 0 Å². The fraction of sp³-hybridized carbons (Fsp3) is 0.100. The number of aromatic amines is 1. The van der Waals surface area contributed by atoms with Gasteiger partial charge >= 0.3 is 5.69 Å². The number of H-pyrrole nitrogens is 1. The normalized spacial score (nSPS) is 11.9. The molecule has 12 heteroatoms. The van der Waals surface area contributed by atoms with E-state index in [0.717, 1.165) is 0 Å². The zero-order valence-electron chi connectivity index (χ0n) is 16.7. The van der Waals surface area contributed by atoms with Crippen LogP contribution in [0.15, 0.2) is 53.3 Å². The highest BCUT2D eigenvalue weighted by Crippen LogP contribution is 2.25. The summed E-state index contributed by atoms with van der Waals surface area (Å²) in [4.78, 5) is 36.2. The maximum absolute atomic E-state index is 12.7. The van der Waals surface area contributed by atoms with Crippen molar-refractivity contribution in [3.05, 3.63) is 64.7 Å². The smallest absolute Gasteiger partial charge is 0.332 e. The monoisotopic (exact) mass is 454 g/mol. The van der Waals surface area contributed by atoms with Gasteiger partial charge in [0.15, 0.2) is 28.2 Å². The van der Waals surface area contributed by atoms with E-state index >= 15 is 0 Å². The molecule has 2 heterocycles. The number of hydrogen-bond donors (Lipinski definition) is 4. The van der Waals surface area contributed by atoms with Crippen LogP contribution in [-0.4, -0.2) is 47.2 Å². The van der Waals surface area contributed by atoms with E-state index < -0.39 is 22.7 Å². The highest BCUT2D eigenvalue weighted by molar-refractivity contribution is 7.79. The van der Waals surface area contributed by atoms with Crippen molar-refractivity contribution in [3.63, 3.8) is 0 Å². The molecule has 1 atom stereocenters. The lowest BCUT2D eigenvalue weighted by molar-refractivity contribution is 0.0997. The van der Waals surface area contributed by atoms with Gasteiger partial charge in [-0.05, 0) is 24.3 Å². The van der Waals surface area contributed by atoms with Crippen molar-refractivity contribution in [1.82, 2.24) is 19.5 Å². The van der Waals surface area contributed by atoms with Crippen molar-refractivity contribution < 1.29 is 18.3 Å². The second-order valence-electron chi connectivity index (χ2n) is 6.65. The minimum atomic E-state index is -2.03. The van der Waals surface area contributed by atoms with Gasteiger partial charge in [0.1, 0.15) is 17.1 Å². The van der Waals surface area contributed by atoms with E-state index in [2.05, 4.69) is 20.3 Å². The molecule has 32 heavy (non-hydrogen) atoms. The Kier molecular flexibility index (Phi) is 5.71. The van der Waals surface area contributed by atoms with E-state index in [1.165, 1.54) is 11.7 Å². The van der Waals surface area contributed by atoms with Gasteiger partial charge < -0.3 is 25.3 Å². The summed E-state index contributed by atoms with van der Waals surface area (Å²) < 4.78 is 26.5. The first-order valence-corrected chi connectivity index (χ1v) is 10.5. The molecule has 2 aromatic heterocycles. The third-order valence-corrected chi connectivity index (χ3v) is 4.99. The summed E-state index contributed by atoms with van der Waals surface area (Å²) in [5.74, 6) is -0.310. The van der Waals surface area contributed by atoms with Crippen LogP contribution in [0.5, 0.6) is 5.75 Å². The van der Waals surface area contributed by atoms with E-state index in [9.17, 15) is 13.8 Å². The Labute approximate surface area is 183 Å². The number of benzene rings is 2. The first kappa shape index (κ1) is 21.2. The average Bonchev–Trinajstić information content (AvgIpc) is 3.12. The molecule has 0 saturated carbocycles. The Morgan fingerprint density at radius 1 is 1.25 bits per heavy atom. The topological polar surface area (TPSA) is 165 Å². The first-order chi connectivity index (χ1) is 15.4. The zero-order chi connectivity index (χ0) is 22.8. The largest absolute Gasteiger partial charge is 0.497 e. The molecular formula is C20H18N6O5S. The van der Waals surface area contributed by atoms with Gasteiger partial charge in [0.2, 0.25) is 0 Å². The molecule has 1 unspecified atom stereocenters. The summed E-state index contributed by atoms with van der Waals surface area (Å²) in [6, 6.07) is 13.6. The third-order valence-electron chi connectivity index (χ3n) is 4.60. The lowest BCUT2D eigenvalue weighted by atomic mass is 10.2. The van der Waals surface area contributed by atoms with Gasteiger partial charge in [-0.15, -0.1) is 0 Å². The van der Waals surface area contributed by atoms with Gasteiger partial charge in [-0.1, -0.05) is 18.2 Å². The number of primary amides is 1. The van der Waals surface area contributed by atoms with Crippen LogP contribution in [0.1, 0.15) is 10.5 Å². The molecule has 0 fully saturated rings. The highest BCUT2D eigenvalue weighted by atomic mass is 32.2. The van der Waals surface area contributed by atoms with Crippen LogP contribution in [-0.2, 0) is 11.1 Å². The molecule has 0 aliphatic carbocycles. The van der Waals surface area contributed by atoms with Gasteiger partial charge in [-0.3, -0.25) is 4.79 Å². The molecule has 5 N–H and O–H groups in total. The quantitative estimate of drug-likeness (QED) is 0.305. The molecule has 1 amide bonds. The zero-order valence-corrected chi connectivity index (χ0v) is 17.5. The fourth-order valence-electron chi connectivity index (χ4n) is 3.19. The predicted octanol–water partition coefficient (Wildman–Crippen LogP) is 1.47. The van der Waals surface area contributed by atoms with E-state index in [-0.39, 0.29) is 28.6 Å². The lowest BCUT2D eigenvalue weighted by Gasteiger charge is -2.09. The van der Waals surface area contributed by atoms with Crippen LogP contribution >= 0.6 is 0 Å². The Morgan fingerprint density at radius 2 is 2.03 bits per heavy atom. The molecule has 0 aliphatic rings. The third kappa shape index (κ3) is 4.08. The standard InChI is InChI=1S/C20H18N6O5S/c1-31-14-7-3-6-13(9-14)26-19-16(24-20(26)28)15(17(21)27)23-18(25-19)11-4-2-5-12(8-11)22-10-32(29)30/h2-9,22H,10H2,1H3,(H2,21,27)(H,24,28)(H,29,30). The van der Waals surface area contributed by atoms with Crippen molar-refractivity contribution in [3.8, 4) is 22.8 Å². The van der Waals surface area contributed by atoms with Crippen LogP contribution in [0.25, 0.3) is 28.2 Å². The molecule has 2 aromatic carbocycles. The summed E-state index contributed by atoms with van der Waals surface area (Å²) in [5, 5.41) is 2.81. The molecule has 0 radical (unpaired) electrons. The van der Waals surface area contributed by atoms with Gasteiger partial charge in [0.25, 0.3) is 5.91 Å². The fourth-order valence-corrected chi connectivity index (χ4v) is 3.48. The van der Waals surface area contributed by atoms with Gasteiger partial charge in [0, 0.05) is 17.3 Å². The van der Waals surface area contributed by atoms with Crippen molar-refractivity contribution in [2.24, 2.45) is 5.73 Å². The summed E-state index contributed by atoms with van der Waals surface area (Å²) in [6.45, 7) is 0. The van der Waals surface area contributed by atoms with E-state index in [1.54, 1.807) is 48.5 Å². The lowest BCUT2D eigenvalue weighted by Crippen LogP contribution is -2.15. The summed E-state index contributed by atoms with van der Waals surface area (Å²) in [7, 11) is 1.51. The number of rotatable bonds is 7. The van der Waals surface area contributed by atoms with E-state index in [4.69, 9.17) is 15.0 Å². The Morgan fingerprint density at radius 3 is 2.75 bits per heavy atom. The van der Waals surface area contributed by atoms with Crippen molar-refractivity contribution in [2.75, 3.05) is 18.3 Å². The molecule has 164 valence electrons. The summed E-state index contributed by atoms with van der Waals surface area (Å²) in [5.41, 5.74) is 6.67. The molecule has 4 rings (SSSR count). The number of anilines is 1. The molecule has 0 spiro atoms. The molecule has 0 saturated heterocycles. The number of amides is 1. The van der Waals surface area contributed by atoms with Gasteiger partial charge in [-0.2, -0.15) is 0 Å². The number of nitrogens with one attached hydrogen (secondary N) is 2. The van der Waals surface area contributed by atoms with Crippen LogP contribution < -0.4 is 21.5 Å². The first-order valence-electron chi connectivity index (χ1n) is 9.26. The van der Waals surface area contributed by atoms with Gasteiger partial charge in [-0.25, -0.2) is 23.5 Å². The number of aromatic nitrogens is 4. The summed E-state index contributed by atoms with van der Waals surface area (Å²) in [6.07, 6.45) is 0. The second-order valence-corrected chi connectivity index (χ2v) is 7.58. The molecule has 0 bridgehead atoms. The Bertz CT molecular complexity index is 1410. The average molecular weight is 454 g/mol. The summed E-state index contributed by atoms with van der Waals surface area (Å²) >= 11 is -2.03. The Hall–Kier alpha value is -4.03. The van der Waals surface area contributed by atoms with Crippen molar-refractivity contribution in [1.29, 1.82) is 0 Å². The van der Waals surface area contributed by atoms with Crippen LogP contribution in [0, 0.1) is 0 Å². The second kappa shape index (κ2) is 8.61. The number of imidazole rings is 1. The molecule has 11 nitrogen and oxygen atoms in total. The number of nitrogens with zero attached hydrogens (tertiary/aromatic N) is 3. The number of methoxy groups -OCH3 is 1. The maximum Gasteiger partial charge on any atom is 0.332 e. The molecule has 4 aromatic rings. The van der Waals surface area contributed by atoms with Crippen LogP contribution in [0.3, 0.4) is 0 Å². The maximum atomic E-state index is 12.7. The van der Waals surface area contributed by atoms with Crippen molar-refractivity contribution in [2.45, 2.75) is 0 Å². The molecular weight excluding hydrogens is 436 g/mol. The molecule has 0 aliphatic heterocycles. The number of carbonyl (C=O) groups excluding carboxylic acids is 1. The van der Waals surface area contributed by atoms with Crippen molar-refractivity contribution >= 4 is 33.8 Å². The highest BCUT2D eigenvalue weighted by Gasteiger charge is 2.20. The van der Waals surface area contributed by atoms with Crippen LogP contribution in [0.4, 0.5) is 5.69 Å². The van der Waals surface area contributed by atoms with E-state index in [1.807, 2.05) is 0 Å².